The molecule has 4 aromatic rings. The van der Waals surface area contributed by atoms with Crippen LogP contribution in [0.25, 0.3) is 22.3 Å². The third-order valence-electron chi connectivity index (χ3n) is 6.86. The molecule has 0 radical (unpaired) electrons. The lowest BCUT2D eigenvalue weighted by atomic mass is 10.1. The van der Waals surface area contributed by atoms with Gasteiger partial charge in [0.05, 0.1) is 29.1 Å². The summed E-state index contributed by atoms with van der Waals surface area (Å²) in [6, 6.07) is 7.31. The number of nitrogens with zero attached hydrogens (tertiary/aromatic N) is 7. The van der Waals surface area contributed by atoms with E-state index in [0.717, 1.165) is 43.2 Å². The molecule has 0 saturated carbocycles. The van der Waals surface area contributed by atoms with Crippen molar-refractivity contribution in [1.29, 1.82) is 5.26 Å². The smallest absolute Gasteiger partial charge is 0.355 e. The van der Waals surface area contributed by atoms with E-state index in [0.29, 0.717) is 11.6 Å². The third kappa shape index (κ3) is 4.97. The van der Waals surface area contributed by atoms with Crippen LogP contribution in [0.5, 0.6) is 0 Å². The molecule has 1 aliphatic heterocycles. The Labute approximate surface area is 217 Å². The topological polar surface area (TPSA) is 110 Å². The average molecular weight is 522 g/mol. The van der Waals surface area contributed by atoms with E-state index in [1.54, 1.807) is 0 Å². The van der Waals surface area contributed by atoms with Crippen LogP contribution < -0.4 is 10.2 Å². The van der Waals surface area contributed by atoms with Crippen LogP contribution in [0.2, 0.25) is 0 Å². The zero-order valence-corrected chi connectivity index (χ0v) is 21.1. The van der Waals surface area contributed by atoms with Crippen molar-refractivity contribution in [3.8, 4) is 17.3 Å². The zero-order chi connectivity index (χ0) is 27.0. The summed E-state index contributed by atoms with van der Waals surface area (Å²) >= 11 is 0. The number of nitriles is 1. The van der Waals surface area contributed by atoms with Crippen molar-refractivity contribution in [2.75, 3.05) is 37.4 Å². The molecule has 1 saturated heterocycles. The predicted molar refractivity (Wildman–Crippen MR) is 137 cm³/mol. The van der Waals surface area contributed by atoms with Gasteiger partial charge < -0.3 is 20.1 Å². The van der Waals surface area contributed by atoms with Crippen molar-refractivity contribution < 1.29 is 13.2 Å². The van der Waals surface area contributed by atoms with Gasteiger partial charge in [-0.1, -0.05) is 6.07 Å². The molecule has 38 heavy (non-hydrogen) atoms. The van der Waals surface area contributed by atoms with E-state index >= 15 is 0 Å². The Morgan fingerprint density at radius 2 is 2.00 bits per heavy atom. The van der Waals surface area contributed by atoms with Gasteiger partial charge in [-0.25, -0.2) is 19.9 Å². The van der Waals surface area contributed by atoms with Crippen LogP contribution in [0, 0.1) is 11.3 Å². The van der Waals surface area contributed by atoms with Crippen LogP contribution >= 0.6 is 0 Å². The summed E-state index contributed by atoms with van der Waals surface area (Å²) in [5.74, 6) is 1.16. The summed E-state index contributed by atoms with van der Waals surface area (Å²) in [4.78, 5) is 24.6. The van der Waals surface area contributed by atoms with E-state index < -0.39 is 11.7 Å². The van der Waals surface area contributed by atoms with Gasteiger partial charge in [-0.05, 0) is 45.1 Å². The number of halogens is 3. The van der Waals surface area contributed by atoms with Crippen molar-refractivity contribution >= 4 is 22.8 Å². The minimum Gasteiger partial charge on any atom is -0.355 e. The molecular weight excluding hydrogens is 495 g/mol. The lowest BCUT2D eigenvalue weighted by molar-refractivity contribution is -0.137. The largest absolute Gasteiger partial charge is 0.417 e. The molecule has 5 heterocycles. The molecule has 4 aromatic heterocycles. The van der Waals surface area contributed by atoms with Gasteiger partial charge in [0.25, 0.3) is 0 Å². The van der Waals surface area contributed by atoms with Crippen LogP contribution in [0.4, 0.5) is 24.9 Å². The number of pyridine rings is 2. The molecule has 5 rings (SSSR count). The lowest BCUT2D eigenvalue weighted by Crippen LogP contribution is -2.31. The van der Waals surface area contributed by atoms with E-state index in [9.17, 15) is 18.4 Å². The van der Waals surface area contributed by atoms with Gasteiger partial charge in [0.2, 0.25) is 5.95 Å². The van der Waals surface area contributed by atoms with Crippen molar-refractivity contribution in [1.82, 2.24) is 29.8 Å². The Hall–Kier alpha value is -4.24. The molecule has 0 aliphatic carbocycles. The van der Waals surface area contributed by atoms with Gasteiger partial charge in [0.1, 0.15) is 17.5 Å². The monoisotopic (exact) mass is 521 g/mol. The summed E-state index contributed by atoms with van der Waals surface area (Å²) < 4.78 is 39.9. The number of alkyl halides is 3. The summed E-state index contributed by atoms with van der Waals surface area (Å²) in [5, 5.41) is 13.0. The van der Waals surface area contributed by atoms with E-state index in [2.05, 4.69) is 54.1 Å². The SMILES string of the molecule is C[C@@H](Nc1ncc(C#N)c(-c2c[nH]c3ncc(C(F)(F)F)cc23)n1)c1ccc(N2CC[C@@H](N(C)C)C2)nc1. The lowest BCUT2D eigenvalue weighted by Gasteiger charge is -2.21. The Morgan fingerprint density at radius 1 is 1.18 bits per heavy atom. The Balaban J connectivity index is 1.38. The Kier molecular flexibility index (Phi) is 6.62. The van der Waals surface area contributed by atoms with E-state index in [1.165, 1.54) is 12.4 Å². The van der Waals surface area contributed by atoms with E-state index in [-0.39, 0.29) is 34.3 Å². The second kappa shape index (κ2) is 9.90. The number of hydrogen-bond acceptors (Lipinski definition) is 8. The van der Waals surface area contributed by atoms with Crippen LogP contribution in [-0.2, 0) is 6.18 Å². The molecular formula is C26H26F3N9. The van der Waals surface area contributed by atoms with Gasteiger partial charge in [-0.15, -0.1) is 0 Å². The van der Waals surface area contributed by atoms with Crippen molar-refractivity contribution in [3.63, 3.8) is 0 Å². The third-order valence-corrected chi connectivity index (χ3v) is 6.86. The average Bonchev–Trinajstić information content (AvgIpc) is 3.56. The molecule has 0 amide bonds. The highest BCUT2D eigenvalue weighted by atomic mass is 19.4. The fraction of sp³-hybridized carbons (Fsp3) is 0.346. The molecule has 0 aromatic carbocycles. The minimum absolute atomic E-state index is 0.133. The first-order valence-corrected chi connectivity index (χ1v) is 12.1. The molecule has 1 aliphatic rings. The van der Waals surface area contributed by atoms with Crippen LogP contribution in [0.1, 0.15) is 36.1 Å². The summed E-state index contributed by atoms with van der Waals surface area (Å²) in [5.41, 5.74) is 0.974. The molecule has 9 nitrogen and oxygen atoms in total. The summed E-state index contributed by atoms with van der Waals surface area (Å²) in [7, 11) is 4.17. The first kappa shape index (κ1) is 25.4. The fourth-order valence-electron chi connectivity index (χ4n) is 4.58. The van der Waals surface area contributed by atoms with Gasteiger partial charge in [-0.2, -0.15) is 18.4 Å². The standard InChI is InChI=1S/C26H26F3N9/c1-15(16-4-5-22(31-10-16)38-7-6-19(14-38)37(2)3)35-25-34-11-17(9-30)23(36-25)21-13-33-24-20(21)8-18(12-32-24)26(27,28)29/h4-5,8,10-13,15,19H,6-7,14H2,1-3H3,(H,32,33)(H,34,35,36)/t15-,19-/m1/s1. The zero-order valence-electron chi connectivity index (χ0n) is 21.1. The van der Waals surface area contributed by atoms with Gasteiger partial charge in [0.15, 0.2) is 0 Å². The molecule has 1 fully saturated rings. The highest BCUT2D eigenvalue weighted by Gasteiger charge is 2.32. The second-order valence-corrected chi connectivity index (χ2v) is 9.56. The maximum absolute atomic E-state index is 13.3. The molecule has 196 valence electrons. The number of aromatic nitrogens is 5. The second-order valence-electron chi connectivity index (χ2n) is 9.56. The molecule has 0 spiro atoms. The maximum atomic E-state index is 13.3. The summed E-state index contributed by atoms with van der Waals surface area (Å²) in [6.45, 7) is 3.82. The molecule has 12 heteroatoms. The number of aromatic amines is 1. The predicted octanol–water partition coefficient (Wildman–Crippen LogP) is 4.62. The van der Waals surface area contributed by atoms with Gasteiger partial charge in [-0.3, -0.25) is 0 Å². The Bertz CT molecular complexity index is 1490. The normalized spacial score (nSPS) is 16.7. The fourth-order valence-corrected chi connectivity index (χ4v) is 4.58. The van der Waals surface area contributed by atoms with Crippen LogP contribution in [-0.4, -0.2) is 63.0 Å². The molecule has 0 unspecified atom stereocenters. The molecule has 2 N–H and O–H groups in total. The quantitative estimate of drug-likeness (QED) is 0.378. The highest BCUT2D eigenvalue weighted by molar-refractivity contribution is 5.94. The van der Waals surface area contributed by atoms with Crippen molar-refractivity contribution in [2.24, 2.45) is 0 Å². The van der Waals surface area contributed by atoms with E-state index in [1.807, 2.05) is 31.3 Å². The first-order chi connectivity index (χ1) is 18.1. The minimum atomic E-state index is -4.55. The number of nitrogens with one attached hydrogen (secondary N) is 2. The first-order valence-electron chi connectivity index (χ1n) is 12.1. The number of anilines is 2. The van der Waals surface area contributed by atoms with Crippen LogP contribution in [0.3, 0.4) is 0 Å². The summed E-state index contributed by atoms with van der Waals surface area (Å²) in [6.07, 6.45) is 1.98. The number of likely N-dealkylation sites (N-methyl/N-ethyl adjacent to an activating group) is 1. The van der Waals surface area contributed by atoms with Crippen LogP contribution in [0.15, 0.2) is 43.0 Å². The Morgan fingerprint density at radius 3 is 2.66 bits per heavy atom. The molecule has 2 atom stereocenters. The van der Waals surface area contributed by atoms with Crippen molar-refractivity contribution in [3.05, 3.63) is 59.7 Å². The van der Waals surface area contributed by atoms with Crippen molar-refractivity contribution in [2.45, 2.75) is 31.6 Å². The number of hydrogen-bond donors (Lipinski definition) is 2. The number of fused-ring (bicyclic) bond motifs is 1. The molecule has 0 bridgehead atoms. The van der Waals surface area contributed by atoms with Gasteiger partial charge >= 0.3 is 6.18 Å². The van der Waals surface area contributed by atoms with Gasteiger partial charge in [0, 0.05) is 48.7 Å². The maximum Gasteiger partial charge on any atom is 0.417 e. The van der Waals surface area contributed by atoms with E-state index in [4.69, 9.17) is 0 Å². The number of rotatable bonds is 6. The number of H-pyrrole nitrogens is 1. The highest BCUT2D eigenvalue weighted by Crippen LogP contribution is 2.35.